The van der Waals surface area contributed by atoms with E-state index in [-0.39, 0.29) is 28.6 Å². The third-order valence-corrected chi connectivity index (χ3v) is 3.65. The number of para-hydroxylation sites is 2. The number of hydrazone groups is 1. The monoisotopic (exact) mass is 359 g/mol. The molecule has 0 saturated carbocycles. The Hall–Kier alpha value is -2.62. The second-order valence-corrected chi connectivity index (χ2v) is 5.28. The van der Waals surface area contributed by atoms with Crippen molar-refractivity contribution < 1.29 is 32.6 Å². The maximum Gasteiger partial charge on any atom is 0.438 e. The maximum absolute atomic E-state index is 13.2. The molecule has 2 amide bonds. The van der Waals surface area contributed by atoms with Gasteiger partial charge in [-0.1, -0.05) is 19.1 Å². The zero-order valence-electron chi connectivity index (χ0n) is 13.4. The van der Waals surface area contributed by atoms with E-state index >= 15 is 0 Å². The van der Waals surface area contributed by atoms with E-state index in [1.54, 1.807) is 6.07 Å². The Morgan fingerprint density at radius 1 is 1.40 bits per heavy atom. The summed E-state index contributed by atoms with van der Waals surface area (Å²) in [6, 6.07) is 6.05. The molecule has 1 aliphatic heterocycles. The van der Waals surface area contributed by atoms with Gasteiger partial charge in [0.1, 0.15) is 5.75 Å². The normalized spacial score (nSPS) is 20.2. The number of benzene rings is 1. The number of carbonyl (C=O) groups is 2. The number of hydrogen-bond donors (Lipinski definition) is 2. The molecule has 25 heavy (non-hydrogen) atoms. The van der Waals surface area contributed by atoms with Crippen molar-refractivity contribution in [2.45, 2.75) is 31.7 Å². The van der Waals surface area contributed by atoms with Gasteiger partial charge >= 0.3 is 18.0 Å². The Balaban J connectivity index is 2.28. The van der Waals surface area contributed by atoms with Crippen LogP contribution in [0.15, 0.2) is 29.4 Å². The molecule has 2 rings (SSSR count). The van der Waals surface area contributed by atoms with Gasteiger partial charge in [0.15, 0.2) is 0 Å². The fourth-order valence-electron chi connectivity index (χ4n) is 2.27. The number of methoxy groups -OCH3 is 1. The minimum absolute atomic E-state index is 0.0433. The fraction of sp³-hybridized carbons (Fsp3) is 0.400. The molecule has 2 N–H and O–H groups in total. The molecule has 0 spiro atoms. The van der Waals surface area contributed by atoms with E-state index < -0.39 is 30.1 Å². The largest absolute Gasteiger partial charge is 0.495 e. The van der Waals surface area contributed by atoms with Crippen LogP contribution in [0.25, 0.3) is 0 Å². The second-order valence-electron chi connectivity index (χ2n) is 5.28. The second kappa shape index (κ2) is 6.71. The van der Waals surface area contributed by atoms with E-state index in [1.807, 2.05) is 0 Å². The lowest BCUT2D eigenvalue weighted by atomic mass is 10.1. The number of hydrogen-bond acceptors (Lipinski definition) is 5. The van der Waals surface area contributed by atoms with E-state index in [4.69, 9.17) is 4.74 Å². The van der Waals surface area contributed by atoms with Gasteiger partial charge in [-0.25, -0.2) is 0 Å². The molecular weight excluding hydrogens is 343 g/mol. The first-order valence-corrected chi connectivity index (χ1v) is 7.28. The van der Waals surface area contributed by atoms with E-state index in [9.17, 15) is 27.9 Å². The van der Waals surface area contributed by atoms with Crippen LogP contribution in [0.4, 0.5) is 18.9 Å². The van der Waals surface area contributed by atoms with Gasteiger partial charge < -0.3 is 15.2 Å². The molecule has 10 heteroatoms. The molecule has 0 unspecified atom stereocenters. The molecule has 0 radical (unpaired) electrons. The molecule has 0 fully saturated rings. The van der Waals surface area contributed by atoms with Gasteiger partial charge in [-0.2, -0.15) is 23.3 Å². The number of amides is 2. The predicted octanol–water partition coefficient (Wildman–Crippen LogP) is 1.88. The number of anilines is 1. The van der Waals surface area contributed by atoms with Crippen LogP contribution in [-0.4, -0.2) is 46.7 Å². The van der Waals surface area contributed by atoms with Gasteiger partial charge in [-0.15, -0.1) is 0 Å². The highest BCUT2D eigenvalue weighted by Crippen LogP contribution is 2.40. The maximum atomic E-state index is 13.2. The van der Waals surface area contributed by atoms with Gasteiger partial charge in [-0.05, 0) is 18.6 Å². The SMILES string of the molecule is CCC1=NN(C(=O)C(=O)Nc2ccccc2OC)[C@](O)(C(F)(F)F)C1. The van der Waals surface area contributed by atoms with Crippen LogP contribution in [0.1, 0.15) is 19.8 Å². The third-order valence-electron chi connectivity index (χ3n) is 3.65. The number of alkyl halides is 3. The van der Waals surface area contributed by atoms with Crippen molar-refractivity contribution in [1.82, 2.24) is 5.01 Å². The predicted molar refractivity (Wildman–Crippen MR) is 81.8 cm³/mol. The van der Waals surface area contributed by atoms with Crippen LogP contribution in [-0.2, 0) is 9.59 Å². The van der Waals surface area contributed by atoms with E-state index in [1.165, 1.54) is 32.2 Å². The number of halogens is 3. The first-order chi connectivity index (χ1) is 11.6. The zero-order chi connectivity index (χ0) is 18.8. The van der Waals surface area contributed by atoms with Crippen LogP contribution in [0, 0.1) is 0 Å². The van der Waals surface area contributed by atoms with Crippen LogP contribution in [0.2, 0.25) is 0 Å². The lowest BCUT2D eigenvalue weighted by Crippen LogP contribution is -2.58. The minimum Gasteiger partial charge on any atom is -0.495 e. The molecule has 0 bridgehead atoms. The summed E-state index contributed by atoms with van der Waals surface area (Å²) in [7, 11) is 1.33. The smallest absolute Gasteiger partial charge is 0.438 e. The zero-order valence-corrected chi connectivity index (χ0v) is 13.4. The van der Waals surface area contributed by atoms with Crippen molar-refractivity contribution in [2.75, 3.05) is 12.4 Å². The summed E-state index contributed by atoms with van der Waals surface area (Å²) in [5.41, 5.74) is -3.50. The van der Waals surface area contributed by atoms with Crippen LogP contribution in [0.3, 0.4) is 0 Å². The Morgan fingerprint density at radius 3 is 2.60 bits per heavy atom. The quantitative estimate of drug-likeness (QED) is 0.807. The molecule has 136 valence electrons. The van der Waals surface area contributed by atoms with Crippen molar-refractivity contribution in [2.24, 2.45) is 5.10 Å². The van der Waals surface area contributed by atoms with E-state index in [0.717, 1.165) is 0 Å². The van der Waals surface area contributed by atoms with Gasteiger partial charge in [0.2, 0.25) is 0 Å². The summed E-state index contributed by atoms with van der Waals surface area (Å²) in [6.45, 7) is 1.53. The Labute approximate surface area is 141 Å². The molecule has 7 nitrogen and oxygen atoms in total. The first-order valence-electron chi connectivity index (χ1n) is 7.28. The molecule has 1 atom stereocenters. The summed E-state index contributed by atoms with van der Waals surface area (Å²) in [5.74, 6) is -2.80. The highest BCUT2D eigenvalue weighted by Gasteiger charge is 2.63. The molecule has 0 aliphatic carbocycles. The Bertz CT molecular complexity index is 720. The average molecular weight is 359 g/mol. The van der Waals surface area contributed by atoms with Crippen LogP contribution >= 0.6 is 0 Å². The molecule has 1 aromatic rings. The third kappa shape index (κ3) is 3.43. The van der Waals surface area contributed by atoms with Crippen LogP contribution in [0.5, 0.6) is 5.75 Å². The van der Waals surface area contributed by atoms with Gasteiger partial charge in [0.05, 0.1) is 12.8 Å². The Morgan fingerprint density at radius 2 is 2.04 bits per heavy atom. The molecular formula is C15H16F3N3O4. The van der Waals surface area contributed by atoms with Gasteiger partial charge in [-0.3, -0.25) is 9.59 Å². The number of carbonyl (C=O) groups excluding carboxylic acids is 2. The van der Waals surface area contributed by atoms with E-state index in [2.05, 4.69) is 10.4 Å². The summed E-state index contributed by atoms with van der Waals surface area (Å²) >= 11 is 0. The topological polar surface area (TPSA) is 91.2 Å². The number of nitrogens with one attached hydrogen (secondary N) is 1. The van der Waals surface area contributed by atoms with Crippen LogP contribution < -0.4 is 10.1 Å². The molecule has 1 heterocycles. The van der Waals surface area contributed by atoms with E-state index in [0.29, 0.717) is 0 Å². The lowest BCUT2D eigenvalue weighted by molar-refractivity contribution is -0.301. The summed E-state index contributed by atoms with van der Waals surface area (Å²) in [6.07, 6.45) is -5.98. The summed E-state index contributed by atoms with van der Waals surface area (Å²) in [5, 5.41) is 15.4. The Kier molecular flexibility index (Phi) is 5.02. The van der Waals surface area contributed by atoms with Crippen molar-refractivity contribution >= 4 is 23.2 Å². The lowest BCUT2D eigenvalue weighted by Gasteiger charge is -2.32. The fourth-order valence-corrected chi connectivity index (χ4v) is 2.27. The highest BCUT2D eigenvalue weighted by atomic mass is 19.4. The first kappa shape index (κ1) is 18.7. The average Bonchev–Trinajstić information content (AvgIpc) is 2.92. The van der Waals surface area contributed by atoms with Gasteiger partial charge in [0, 0.05) is 12.1 Å². The summed E-state index contributed by atoms with van der Waals surface area (Å²) < 4.78 is 44.6. The number of nitrogens with zero attached hydrogens (tertiary/aromatic N) is 2. The number of aliphatic hydroxyl groups is 1. The molecule has 1 aliphatic rings. The number of rotatable bonds is 3. The standard InChI is InChI=1S/C15H16F3N3O4/c1-3-9-8-14(24,15(16,17)18)21(20-9)13(23)12(22)19-10-6-4-5-7-11(10)25-2/h4-7,24H,3,8H2,1-2H3,(H,19,22)/t14-/m1/s1. The van der Waals surface area contributed by atoms with Crippen molar-refractivity contribution in [1.29, 1.82) is 0 Å². The molecule has 0 saturated heterocycles. The molecule has 0 aromatic heterocycles. The highest BCUT2D eigenvalue weighted by molar-refractivity contribution is 6.40. The number of ether oxygens (including phenoxy) is 1. The van der Waals surface area contributed by atoms with Crippen molar-refractivity contribution in [3.05, 3.63) is 24.3 Å². The molecule has 1 aromatic carbocycles. The van der Waals surface area contributed by atoms with Gasteiger partial charge in [0.25, 0.3) is 5.72 Å². The van der Waals surface area contributed by atoms with Crippen molar-refractivity contribution in [3.63, 3.8) is 0 Å². The summed E-state index contributed by atoms with van der Waals surface area (Å²) in [4.78, 5) is 24.3. The minimum atomic E-state index is -5.17. The van der Waals surface area contributed by atoms with Crippen molar-refractivity contribution in [3.8, 4) is 5.75 Å².